The Balaban J connectivity index is 0.908. The van der Waals surface area contributed by atoms with E-state index in [1.54, 1.807) is 0 Å². The van der Waals surface area contributed by atoms with Crippen molar-refractivity contribution in [2.75, 3.05) is 9.80 Å². The quantitative estimate of drug-likeness (QED) is 0.164. The van der Waals surface area contributed by atoms with Crippen LogP contribution in [-0.2, 0) is 16.2 Å². The molecule has 0 saturated heterocycles. The van der Waals surface area contributed by atoms with Crippen molar-refractivity contribution in [3.05, 3.63) is 264 Å². The molecule has 2 nitrogen and oxygen atoms in total. The van der Waals surface area contributed by atoms with Crippen molar-refractivity contribution in [3.8, 4) is 33.4 Å². The van der Waals surface area contributed by atoms with E-state index in [4.69, 9.17) is 0 Å². The molecule has 0 bridgehead atoms. The van der Waals surface area contributed by atoms with E-state index in [1.165, 1.54) is 133 Å². The molecular weight excluding hydrogens is 905 g/mol. The minimum Gasteiger partial charge on any atom is -0.309 e. The van der Waals surface area contributed by atoms with Crippen LogP contribution < -0.4 is 9.80 Å². The van der Waals surface area contributed by atoms with Gasteiger partial charge >= 0.3 is 0 Å². The molecule has 0 fully saturated rings. The van der Waals surface area contributed by atoms with Crippen molar-refractivity contribution in [1.29, 1.82) is 0 Å². The number of fused-ring (bicyclic) bond motifs is 15. The molecule has 0 aliphatic heterocycles. The molecule has 358 valence electrons. The summed E-state index contributed by atoms with van der Waals surface area (Å²) in [5.74, 6) is 0. The van der Waals surface area contributed by atoms with Crippen molar-refractivity contribution >= 4 is 77.2 Å². The van der Waals surface area contributed by atoms with Gasteiger partial charge in [0.2, 0.25) is 0 Å². The molecular formula is C73H56N2. The van der Waals surface area contributed by atoms with Gasteiger partial charge in [0.05, 0.1) is 22.7 Å². The van der Waals surface area contributed by atoms with E-state index in [-0.39, 0.29) is 16.2 Å². The lowest BCUT2D eigenvalue weighted by Gasteiger charge is -2.30. The summed E-state index contributed by atoms with van der Waals surface area (Å²) in [5, 5.41) is 10.0. The fraction of sp³-hybridized carbons (Fsp3) is 0.123. The maximum Gasteiger partial charge on any atom is 0.0543 e. The van der Waals surface area contributed by atoms with Gasteiger partial charge in [0, 0.05) is 49.2 Å². The van der Waals surface area contributed by atoms with Crippen molar-refractivity contribution in [2.24, 2.45) is 0 Å². The summed E-state index contributed by atoms with van der Waals surface area (Å²) in [6.45, 7) is 14.7. The number of hydrogen-bond donors (Lipinski definition) is 0. The molecule has 0 N–H and O–H groups in total. The first kappa shape index (κ1) is 43.8. The van der Waals surface area contributed by atoms with Crippen LogP contribution in [0.2, 0.25) is 0 Å². The Morgan fingerprint density at radius 3 is 0.960 bits per heavy atom. The van der Waals surface area contributed by atoms with Gasteiger partial charge in [-0.1, -0.05) is 199 Å². The van der Waals surface area contributed by atoms with Crippen LogP contribution in [0.25, 0.3) is 76.5 Å². The van der Waals surface area contributed by atoms with Crippen LogP contribution >= 0.6 is 0 Å². The van der Waals surface area contributed by atoms with Gasteiger partial charge in [-0.3, -0.25) is 0 Å². The second kappa shape index (κ2) is 15.7. The van der Waals surface area contributed by atoms with Gasteiger partial charge < -0.3 is 9.80 Å². The normalized spacial score (nSPS) is 14.9. The van der Waals surface area contributed by atoms with E-state index >= 15 is 0 Å². The fourth-order valence-corrected chi connectivity index (χ4v) is 14.0. The summed E-state index contributed by atoms with van der Waals surface area (Å²) in [6.07, 6.45) is 0. The van der Waals surface area contributed by atoms with E-state index < -0.39 is 0 Å². The topological polar surface area (TPSA) is 6.48 Å². The van der Waals surface area contributed by atoms with Gasteiger partial charge in [-0.15, -0.1) is 0 Å². The van der Waals surface area contributed by atoms with Gasteiger partial charge in [-0.25, -0.2) is 0 Å². The Kier molecular flexibility index (Phi) is 9.15. The Morgan fingerprint density at radius 1 is 0.240 bits per heavy atom. The molecule has 75 heavy (non-hydrogen) atoms. The molecule has 0 amide bonds. The van der Waals surface area contributed by atoms with Gasteiger partial charge in [-0.05, 0) is 161 Å². The predicted octanol–water partition coefficient (Wildman–Crippen LogP) is 20.2. The molecule has 0 saturated carbocycles. The fourth-order valence-electron chi connectivity index (χ4n) is 14.0. The van der Waals surface area contributed by atoms with Crippen LogP contribution in [0.5, 0.6) is 0 Å². The number of benzene rings is 12. The summed E-state index contributed by atoms with van der Waals surface area (Å²) in [5.41, 5.74) is 22.8. The molecule has 2 heteroatoms. The third kappa shape index (κ3) is 6.08. The third-order valence-corrected chi connectivity index (χ3v) is 17.8. The van der Waals surface area contributed by atoms with Crippen LogP contribution in [0.3, 0.4) is 0 Å². The molecule has 3 aliphatic rings. The summed E-state index contributed by atoms with van der Waals surface area (Å²) in [6, 6.07) is 86.6. The summed E-state index contributed by atoms with van der Waals surface area (Å²) in [4.78, 5) is 5.00. The number of nitrogens with zero attached hydrogens (tertiary/aromatic N) is 2. The molecule has 3 aliphatic carbocycles. The van der Waals surface area contributed by atoms with Crippen LogP contribution in [0.15, 0.2) is 231 Å². The molecule has 0 unspecified atom stereocenters. The van der Waals surface area contributed by atoms with Gasteiger partial charge in [0.15, 0.2) is 0 Å². The maximum absolute atomic E-state index is 2.60. The van der Waals surface area contributed by atoms with Crippen LogP contribution in [0.4, 0.5) is 34.1 Å². The van der Waals surface area contributed by atoms with Crippen molar-refractivity contribution in [2.45, 2.75) is 57.8 Å². The summed E-state index contributed by atoms with van der Waals surface area (Å²) in [7, 11) is 0. The van der Waals surface area contributed by atoms with Gasteiger partial charge in [-0.2, -0.15) is 0 Å². The Bertz CT molecular complexity index is 4090. The molecule has 12 aromatic rings. The molecule has 12 aromatic carbocycles. The molecule has 0 spiro atoms. The average Bonchev–Trinajstić information content (AvgIpc) is 3.98. The van der Waals surface area contributed by atoms with Gasteiger partial charge in [0.25, 0.3) is 0 Å². The van der Waals surface area contributed by atoms with Crippen LogP contribution in [0, 0.1) is 0 Å². The van der Waals surface area contributed by atoms with Crippen LogP contribution in [0.1, 0.15) is 74.9 Å². The standard InChI is InChI=1S/C73H56N2/c1-71(2)59-41-57-61(72(3,4)63-43-67(51-33-17-19-35-53(51)69(57)63)74(47-27-9-7-10-28-47)65-37-21-25-45-23-13-15-31-49(45)65)39-55(59)56-40-62-58(42-60(56)71)70-54-36-20-18-34-52(54)68(44-64(70)73(62,5)6)75(48-29-11-8-12-30-48)66-38-22-26-46-24-14-16-32-50(46)66/h7-44H,1-6H3. The van der Waals surface area contributed by atoms with E-state index in [1.807, 2.05) is 0 Å². The zero-order chi connectivity index (χ0) is 50.5. The number of para-hydroxylation sites is 2. The highest BCUT2D eigenvalue weighted by Crippen LogP contribution is 2.62. The zero-order valence-corrected chi connectivity index (χ0v) is 43.3. The van der Waals surface area contributed by atoms with Gasteiger partial charge in [0.1, 0.15) is 0 Å². The van der Waals surface area contributed by atoms with Crippen molar-refractivity contribution < 1.29 is 0 Å². The first-order valence-corrected chi connectivity index (χ1v) is 26.7. The molecule has 0 aromatic heterocycles. The zero-order valence-electron chi connectivity index (χ0n) is 43.3. The summed E-state index contributed by atoms with van der Waals surface area (Å²) >= 11 is 0. The molecule has 0 atom stereocenters. The van der Waals surface area contributed by atoms with Crippen molar-refractivity contribution in [3.63, 3.8) is 0 Å². The highest BCUT2D eigenvalue weighted by atomic mass is 15.2. The Morgan fingerprint density at radius 2 is 0.547 bits per heavy atom. The lowest BCUT2D eigenvalue weighted by atomic mass is 9.78. The Labute approximate surface area is 439 Å². The first-order chi connectivity index (χ1) is 36.5. The van der Waals surface area contributed by atoms with E-state index in [2.05, 4.69) is 282 Å². The number of rotatable bonds is 6. The van der Waals surface area contributed by atoms with E-state index in [0.29, 0.717) is 0 Å². The average molecular weight is 961 g/mol. The highest BCUT2D eigenvalue weighted by molar-refractivity contribution is 6.14. The van der Waals surface area contributed by atoms with E-state index in [0.717, 1.165) is 11.4 Å². The maximum atomic E-state index is 2.60. The summed E-state index contributed by atoms with van der Waals surface area (Å²) < 4.78 is 0. The smallest absolute Gasteiger partial charge is 0.0543 e. The minimum absolute atomic E-state index is 0.239. The monoisotopic (exact) mass is 960 g/mol. The molecule has 0 heterocycles. The number of hydrogen-bond acceptors (Lipinski definition) is 2. The lowest BCUT2D eigenvalue weighted by molar-refractivity contribution is 0.649. The highest BCUT2D eigenvalue weighted by Gasteiger charge is 2.46. The van der Waals surface area contributed by atoms with Crippen LogP contribution in [-0.4, -0.2) is 0 Å². The molecule has 0 radical (unpaired) electrons. The Hall–Kier alpha value is -8.72. The second-order valence-corrected chi connectivity index (χ2v) is 22.8. The van der Waals surface area contributed by atoms with Crippen molar-refractivity contribution in [1.82, 2.24) is 0 Å². The second-order valence-electron chi connectivity index (χ2n) is 22.8. The first-order valence-electron chi connectivity index (χ1n) is 26.7. The minimum atomic E-state index is -0.275. The largest absolute Gasteiger partial charge is 0.309 e. The van der Waals surface area contributed by atoms with E-state index in [9.17, 15) is 0 Å². The lowest BCUT2D eigenvalue weighted by Crippen LogP contribution is -2.18. The number of anilines is 6. The SMILES string of the molecule is CC1(C)c2cc3c(cc2-c2cc4c(cc21)-c1c(cc(N(c2ccccc2)c2cccc5ccccc25)c2ccccc12)C4(C)C)C(C)(C)c1cc(N(c2ccccc2)c2cccc4ccccc24)c2ccccc2c1-3. The molecule has 15 rings (SSSR count). The third-order valence-electron chi connectivity index (χ3n) is 17.8. The predicted molar refractivity (Wildman–Crippen MR) is 319 cm³/mol.